The average molecular weight is 259 g/mol. The van der Waals surface area contributed by atoms with Crippen molar-refractivity contribution >= 4 is 29.1 Å². The number of hydrogen-bond donors (Lipinski definition) is 1. The molecular formula is C9H8ClFN4S. The van der Waals surface area contributed by atoms with E-state index in [0.717, 1.165) is 0 Å². The highest BCUT2D eigenvalue weighted by Crippen LogP contribution is 2.33. The molecule has 0 unspecified atom stereocenters. The van der Waals surface area contributed by atoms with Crippen molar-refractivity contribution in [1.82, 2.24) is 14.8 Å². The zero-order chi connectivity index (χ0) is 11.7. The molecule has 0 aliphatic carbocycles. The van der Waals surface area contributed by atoms with Gasteiger partial charge in [0.25, 0.3) is 0 Å². The van der Waals surface area contributed by atoms with Gasteiger partial charge in [0.1, 0.15) is 12.1 Å². The highest BCUT2D eigenvalue weighted by Gasteiger charge is 2.10. The highest BCUT2D eigenvalue weighted by molar-refractivity contribution is 7.99. The molecule has 0 saturated carbocycles. The molecule has 0 saturated heterocycles. The van der Waals surface area contributed by atoms with E-state index < -0.39 is 5.82 Å². The Balaban J connectivity index is 2.35. The molecule has 2 rings (SSSR count). The van der Waals surface area contributed by atoms with Crippen molar-refractivity contribution in [3.8, 4) is 0 Å². The summed E-state index contributed by atoms with van der Waals surface area (Å²) in [4.78, 5) is 0.568. The zero-order valence-electron chi connectivity index (χ0n) is 8.32. The Labute approximate surface area is 101 Å². The van der Waals surface area contributed by atoms with Crippen molar-refractivity contribution in [2.24, 2.45) is 7.05 Å². The van der Waals surface area contributed by atoms with E-state index >= 15 is 0 Å². The van der Waals surface area contributed by atoms with Crippen LogP contribution in [-0.2, 0) is 7.05 Å². The summed E-state index contributed by atoms with van der Waals surface area (Å²) >= 11 is 6.84. The van der Waals surface area contributed by atoms with Crippen LogP contribution in [0.15, 0.2) is 28.5 Å². The molecular weight excluding hydrogens is 251 g/mol. The monoisotopic (exact) mass is 258 g/mol. The number of halogens is 2. The molecule has 0 aliphatic heterocycles. The molecule has 0 radical (unpaired) electrons. The maximum Gasteiger partial charge on any atom is 0.195 e. The van der Waals surface area contributed by atoms with Crippen molar-refractivity contribution in [2.45, 2.75) is 10.1 Å². The molecule has 84 valence electrons. The Hall–Kier alpha value is -1.27. The number of benzene rings is 1. The van der Waals surface area contributed by atoms with E-state index in [9.17, 15) is 4.39 Å². The van der Waals surface area contributed by atoms with E-state index in [2.05, 4.69) is 10.2 Å². The van der Waals surface area contributed by atoms with Crippen LogP contribution in [0.4, 0.5) is 10.1 Å². The molecule has 0 aliphatic rings. The average Bonchev–Trinajstić information content (AvgIpc) is 2.61. The third-order valence-corrected chi connectivity index (χ3v) is 3.34. The summed E-state index contributed by atoms with van der Waals surface area (Å²) in [7, 11) is 1.80. The minimum atomic E-state index is -0.500. The fraction of sp³-hybridized carbons (Fsp3) is 0.111. The predicted octanol–water partition coefficient (Wildman–Crippen LogP) is 2.34. The molecule has 7 heteroatoms. The third kappa shape index (κ3) is 2.12. The second-order valence-corrected chi connectivity index (χ2v) is 4.55. The molecule has 2 aromatic rings. The number of hydrogen-bond acceptors (Lipinski definition) is 4. The van der Waals surface area contributed by atoms with Gasteiger partial charge in [-0.3, -0.25) is 0 Å². The van der Waals surface area contributed by atoms with Gasteiger partial charge in [0, 0.05) is 17.6 Å². The number of aryl methyl sites for hydroxylation is 1. The lowest BCUT2D eigenvalue weighted by molar-refractivity contribution is 0.625. The molecule has 0 atom stereocenters. The van der Waals surface area contributed by atoms with E-state index in [-0.39, 0.29) is 5.02 Å². The predicted molar refractivity (Wildman–Crippen MR) is 60.9 cm³/mol. The van der Waals surface area contributed by atoms with Crippen LogP contribution in [-0.4, -0.2) is 14.8 Å². The molecule has 2 N–H and O–H groups in total. The number of nitrogen functional groups attached to an aromatic ring is 1. The summed E-state index contributed by atoms with van der Waals surface area (Å²) in [5.74, 6) is -0.500. The molecule has 1 aromatic carbocycles. The van der Waals surface area contributed by atoms with Crippen LogP contribution in [0.5, 0.6) is 0 Å². The molecule has 0 fully saturated rings. The first-order chi connectivity index (χ1) is 7.58. The lowest BCUT2D eigenvalue weighted by atomic mass is 10.3. The summed E-state index contributed by atoms with van der Waals surface area (Å²) in [6, 6.07) is 2.67. The molecule has 0 bridgehead atoms. The van der Waals surface area contributed by atoms with E-state index in [4.69, 9.17) is 17.3 Å². The van der Waals surface area contributed by atoms with Crippen LogP contribution in [0, 0.1) is 5.82 Å². The fourth-order valence-corrected chi connectivity index (χ4v) is 2.08. The first-order valence-corrected chi connectivity index (χ1v) is 5.53. The van der Waals surface area contributed by atoms with Gasteiger partial charge < -0.3 is 10.3 Å². The number of anilines is 1. The van der Waals surface area contributed by atoms with Crippen molar-refractivity contribution in [2.75, 3.05) is 5.73 Å². The summed E-state index contributed by atoms with van der Waals surface area (Å²) in [5.41, 5.74) is 6.14. The second-order valence-electron chi connectivity index (χ2n) is 3.13. The number of nitrogens with two attached hydrogens (primary N) is 1. The first kappa shape index (κ1) is 11.2. The van der Waals surface area contributed by atoms with E-state index in [1.807, 2.05) is 0 Å². The van der Waals surface area contributed by atoms with Crippen LogP contribution in [0.1, 0.15) is 0 Å². The van der Waals surface area contributed by atoms with Crippen molar-refractivity contribution in [3.63, 3.8) is 0 Å². The topological polar surface area (TPSA) is 56.7 Å². The Morgan fingerprint density at radius 1 is 1.50 bits per heavy atom. The third-order valence-electron chi connectivity index (χ3n) is 1.92. The van der Waals surface area contributed by atoms with Crippen LogP contribution in [0.2, 0.25) is 5.02 Å². The molecule has 16 heavy (non-hydrogen) atoms. The minimum absolute atomic E-state index is 0.0137. The smallest absolute Gasteiger partial charge is 0.195 e. The van der Waals surface area contributed by atoms with Crippen LogP contribution < -0.4 is 5.73 Å². The molecule has 1 aromatic heterocycles. The summed E-state index contributed by atoms with van der Waals surface area (Å²) in [6.45, 7) is 0. The van der Waals surface area contributed by atoms with Gasteiger partial charge in [0.15, 0.2) is 5.16 Å². The first-order valence-electron chi connectivity index (χ1n) is 4.34. The Morgan fingerprint density at radius 3 is 2.88 bits per heavy atom. The van der Waals surface area contributed by atoms with Gasteiger partial charge >= 0.3 is 0 Å². The van der Waals surface area contributed by atoms with Gasteiger partial charge in [-0.05, 0) is 23.9 Å². The summed E-state index contributed by atoms with van der Waals surface area (Å²) in [6.07, 6.45) is 1.56. The Morgan fingerprint density at radius 2 is 2.25 bits per heavy atom. The maximum atomic E-state index is 13.2. The van der Waals surface area contributed by atoms with Crippen LogP contribution in [0.3, 0.4) is 0 Å². The van der Waals surface area contributed by atoms with Gasteiger partial charge in [0.05, 0.1) is 5.02 Å². The second kappa shape index (κ2) is 4.31. The Kier molecular flexibility index (Phi) is 3.02. The maximum absolute atomic E-state index is 13.2. The van der Waals surface area contributed by atoms with Gasteiger partial charge in [-0.25, -0.2) is 4.39 Å². The van der Waals surface area contributed by atoms with Crippen molar-refractivity contribution in [1.29, 1.82) is 0 Å². The summed E-state index contributed by atoms with van der Waals surface area (Å²) < 4.78 is 15.0. The number of aromatic nitrogens is 3. The van der Waals surface area contributed by atoms with Gasteiger partial charge in [0.2, 0.25) is 0 Å². The standard InChI is InChI=1S/C9H8ClFN4S/c1-15-4-13-14-9(15)16-8-3-6(11)5(10)2-7(8)12/h2-4H,12H2,1H3. The fourth-order valence-electron chi connectivity index (χ4n) is 1.10. The van der Waals surface area contributed by atoms with E-state index in [1.54, 1.807) is 17.9 Å². The van der Waals surface area contributed by atoms with Crippen LogP contribution >= 0.6 is 23.4 Å². The highest BCUT2D eigenvalue weighted by atomic mass is 35.5. The van der Waals surface area contributed by atoms with Gasteiger partial charge in [-0.2, -0.15) is 0 Å². The van der Waals surface area contributed by atoms with E-state index in [0.29, 0.717) is 15.7 Å². The molecule has 0 spiro atoms. The normalized spacial score (nSPS) is 10.7. The minimum Gasteiger partial charge on any atom is -0.398 e. The largest absolute Gasteiger partial charge is 0.398 e. The van der Waals surface area contributed by atoms with Crippen molar-refractivity contribution in [3.05, 3.63) is 29.3 Å². The lowest BCUT2D eigenvalue weighted by Crippen LogP contribution is -1.93. The summed E-state index contributed by atoms with van der Waals surface area (Å²) in [5, 5.41) is 8.23. The van der Waals surface area contributed by atoms with Gasteiger partial charge in [-0.15, -0.1) is 10.2 Å². The number of nitrogens with zero attached hydrogens (tertiary/aromatic N) is 3. The molecule has 4 nitrogen and oxygen atoms in total. The number of rotatable bonds is 2. The van der Waals surface area contributed by atoms with Crippen LogP contribution in [0.25, 0.3) is 0 Å². The van der Waals surface area contributed by atoms with Gasteiger partial charge in [-0.1, -0.05) is 11.6 Å². The Bertz CT molecular complexity index is 528. The lowest BCUT2D eigenvalue weighted by Gasteiger charge is -2.05. The molecule has 1 heterocycles. The molecule has 0 amide bonds. The SMILES string of the molecule is Cn1cnnc1Sc1cc(F)c(Cl)cc1N. The van der Waals surface area contributed by atoms with E-state index in [1.165, 1.54) is 23.9 Å². The zero-order valence-corrected chi connectivity index (χ0v) is 9.89. The van der Waals surface area contributed by atoms with Crippen molar-refractivity contribution < 1.29 is 4.39 Å². The quantitative estimate of drug-likeness (QED) is 0.840.